The van der Waals surface area contributed by atoms with Crippen LogP contribution in [0.3, 0.4) is 0 Å². The zero-order chi connectivity index (χ0) is 34.3. The second-order valence-corrected chi connectivity index (χ2v) is 14.9. The van der Waals surface area contributed by atoms with Crippen molar-refractivity contribution in [3.63, 3.8) is 0 Å². The van der Waals surface area contributed by atoms with Crippen molar-refractivity contribution in [2.24, 2.45) is 0 Å². The molecule has 1 atom stereocenters. The summed E-state index contributed by atoms with van der Waals surface area (Å²) in [6.45, 7) is 3.18. The Hall–Kier alpha value is -3.85. The number of hydrogen-bond donors (Lipinski definition) is 1. The lowest BCUT2D eigenvalue weighted by atomic mass is 10.0. The van der Waals surface area contributed by atoms with Crippen LogP contribution in [0.1, 0.15) is 54.9 Å². The molecule has 1 N–H and O–H groups in total. The molecule has 7 nitrogen and oxygen atoms in total. The second-order valence-electron chi connectivity index (χ2n) is 12.2. The summed E-state index contributed by atoms with van der Waals surface area (Å²) >= 11 is 13.3. The van der Waals surface area contributed by atoms with E-state index in [2.05, 4.69) is 5.32 Å². The van der Waals surface area contributed by atoms with Crippen LogP contribution in [0.4, 0.5) is 5.69 Å². The van der Waals surface area contributed by atoms with Crippen LogP contribution >= 0.6 is 23.2 Å². The Bertz CT molecular complexity index is 1810. The van der Waals surface area contributed by atoms with Gasteiger partial charge in [-0.2, -0.15) is 0 Å². The molecular formula is C38H41Cl2N3O4S. The van der Waals surface area contributed by atoms with Gasteiger partial charge in [-0.05, 0) is 67.6 Å². The van der Waals surface area contributed by atoms with Crippen molar-refractivity contribution in [2.45, 2.75) is 75.9 Å². The summed E-state index contributed by atoms with van der Waals surface area (Å²) in [5.74, 6) is -0.862. The number of para-hydroxylation sites is 1. The number of sulfonamides is 1. The van der Waals surface area contributed by atoms with Crippen LogP contribution in [0.25, 0.3) is 0 Å². The summed E-state index contributed by atoms with van der Waals surface area (Å²) < 4.78 is 30.0. The Morgan fingerprint density at radius 2 is 1.48 bits per heavy atom. The minimum absolute atomic E-state index is 0.00599. The molecule has 1 aliphatic rings. The van der Waals surface area contributed by atoms with Gasteiger partial charge in [0, 0.05) is 34.6 Å². The van der Waals surface area contributed by atoms with Crippen LogP contribution in [0, 0.1) is 6.92 Å². The van der Waals surface area contributed by atoms with Gasteiger partial charge in [0.25, 0.3) is 10.0 Å². The number of rotatable bonds is 13. The summed E-state index contributed by atoms with van der Waals surface area (Å²) in [6, 6.07) is 27.3. The highest BCUT2D eigenvalue weighted by molar-refractivity contribution is 7.92. The molecule has 4 aromatic rings. The fraction of sp³-hybridized carbons (Fsp3) is 0.316. The topological polar surface area (TPSA) is 86.8 Å². The third-order valence-corrected chi connectivity index (χ3v) is 11.4. The van der Waals surface area contributed by atoms with Gasteiger partial charge in [-0.1, -0.05) is 115 Å². The van der Waals surface area contributed by atoms with Crippen LogP contribution < -0.4 is 9.62 Å². The number of anilines is 1. The molecule has 0 saturated heterocycles. The molecule has 0 heterocycles. The van der Waals surface area contributed by atoms with Gasteiger partial charge in [0.05, 0.1) is 10.6 Å². The van der Waals surface area contributed by atoms with Crippen LogP contribution in [0.2, 0.25) is 10.0 Å². The number of hydrogen-bond acceptors (Lipinski definition) is 4. The van der Waals surface area contributed by atoms with Gasteiger partial charge < -0.3 is 10.2 Å². The molecule has 0 radical (unpaired) electrons. The monoisotopic (exact) mass is 705 g/mol. The van der Waals surface area contributed by atoms with E-state index < -0.39 is 28.5 Å². The molecule has 1 aliphatic carbocycles. The lowest BCUT2D eigenvalue weighted by Gasteiger charge is -2.35. The van der Waals surface area contributed by atoms with Crippen LogP contribution in [0.5, 0.6) is 0 Å². The standard InChI is InChI=1S/C38H41Cl2N3O4S/c1-3-29-14-7-10-19-35(29)43(48(46,47)31-22-20-27(2)21-23-31)26-37(44)42(25-32-33(39)17-11-18-34(32)40)36(24-28-12-5-4-6-13-28)38(45)41-30-15-8-9-16-30/h4-7,10-14,17-23,30,36H,3,8-9,15-16,24-26H2,1-2H3,(H,41,45). The highest BCUT2D eigenvalue weighted by Crippen LogP contribution is 2.31. The fourth-order valence-electron chi connectivity index (χ4n) is 6.18. The lowest BCUT2D eigenvalue weighted by Crippen LogP contribution is -2.54. The first kappa shape index (κ1) is 35.5. The molecular weight excluding hydrogens is 665 g/mol. The summed E-state index contributed by atoms with van der Waals surface area (Å²) in [5, 5.41) is 3.87. The van der Waals surface area contributed by atoms with Crippen LogP contribution in [-0.2, 0) is 39.0 Å². The average molecular weight is 707 g/mol. The molecule has 4 aromatic carbocycles. The van der Waals surface area contributed by atoms with E-state index in [0.29, 0.717) is 27.7 Å². The minimum atomic E-state index is -4.21. The van der Waals surface area contributed by atoms with E-state index in [4.69, 9.17) is 23.2 Å². The van der Waals surface area contributed by atoms with Gasteiger partial charge in [-0.3, -0.25) is 13.9 Å². The molecule has 5 rings (SSSR count). The van der Waals surface area contributed by atoms with Crippen molar-refractivity contribution in [2.75, 3.05) is 10.8 Å². The third-order valence-electron chi connectivity index (χ3n) is 8.89. The number of carbonyl (C=O) groups is 2. The SMILES string of the molecule is CCc1ccccc1N(CC(=O)N(Cc1c(Cl)cccc1Cl)C(Cc1ccccc1)C(=O)NC1CCCC1)S(=O)(=O)c1ccc(C)cc1. The molecule has 10 heteroatoms. The molecule has 1 unspecified atom stereocenters. The van der Waals surface area contributed by atoms with Crippen molar-refractivity contribution < 1.29 is 18.0 Å². The third kappa shape index (κ3) is 8.41. The number of aryl methyl sites for hydroxylation is 2. The van der Waals surface area contributed by atoms with E-state index in [0.717, 1.165) is 46.7 Å². The van der Waals surface area contributed by atoms with Crippen molar-refractivity contribution >= 4 is 50.7 Å². The maximum absolute atomic E-state index is 14.8. The Kier molecular flexibility index (Phi) is 11.8. The van der Waals surface area contributed by atoms with Crippen molar-refractivity contribution in [3.8, 4) is 0 Å². The fourth-order valence-corrected chi connectivity index (χ4v) is 8.15. The average Bonchev–Trinajstić information content (AvgIpc) is 3.60. The second kappa shape index (κ2) is 16.0. The highest BCUT2D eigenvalue weighted by atomic mass is 35.5. The molecule has 48 heavy (non-hydrogen) atoms. The van der Waals surface area contributed by atoms with Crippen LogP contribution in [0.15, 0.2) is 102 Å². The van der Waals surface area contributed by atoms with E-state index in [1.165, 1.54) is 4.90 Å². The van der Waals surface area contributed by atoms with Gasteiger partial charge in [0.15, 0.2) is 0 Å². The lowest BCUT2D eigenvalue weighted by molar-refractivity contribution is -0.140. The number of benzene rings is 4. The number of carbonyl (C=O) groups excluding carboxylic acids is 2. The number of nitrogens with zero attached hydrogens (tertiary/aromatic N) is 2. The molecule has 252 valence electrons. The maximum atomic E-state index is 14.8. The predicted octanol–water partition coefficient (Wildman–Crippen LogP) is 7.76. The van der Waals surface area contributed by atoms with Gasteiger partial charge in [-0.25, -0.2) is 8.42 Å². The largest absolute Gasteiger partial charge is 0.352 e. The quantitative estimate of drug-likeness (QED) is 0.154. The molecule has 1 fully saturated rings. The maximum Gasteiger partial charge on any atom is 0.264 e. The zero-order valence-electron chi connectivity index (χ0n) is 27.2. The van der Waals surface area contributed by atoms with Gasteiger partial charge in [-0.15, -0.1) is 0 Å². The minimum Gasteiger partial charge on any atom is -0.352 e. The van der Waals surface area contributed by atoms with Crippen molar-refractivity contribution in [1.82, 2.24) is 10.2 Å². The first-order chi connectivity index (χ1) is 23.1. The Labute approximate surface area is 293 Å². The summed E-state index contributed by atoms with van der Waals surface area (Å²) in [4.78, 5) is 30.5. The molecule has 0 aromatic heterocycles. The van der Waals surface area contributed by atoms with E-state index >= 15 is 0 Å². The van der Waals surface area contributed by atoms with Gasteiger partial charge in [0.2, 0.25) is 11.8 Å². The Balaban J connectivity index is 1.61. The van der Waals surface area contributed by atoms with Gasteiger partial charge in [0.1, 0.15) is 12.6 Å². The molecule has 1 saturated carbocycles. The van der Waals surface area contributed by atoms with Gasteiger partial charge >= 0.3 is 0 Å². The van der Waals surface area contributed by atoms with Crippen molar-refractivity contribution in [1.29, 1.82) is 0 Å². The Morgan fingerprint density at radius 1 is 0.854 bits per heavy atom. The molecule has 2 amide bonds. The van der Waals surface area contributed by atoms with E-state index in [1.807, 2.05) is 56.3 Å². The predicted molar refractivity (Wildman–Crippen MR) is 193 cm³/mol. The molecule has 0 aliphatic heterocycles. The first-order valence-electron chi connectivity index (χ1n) is 16.3. The van der Waals surface area contributed by atoms with E-state index in [-0.39, 0.29) is 29.8 Å². The molecule has 0 spiro atoms. The summed E-state index contributed by atoms with van der Waals surface area (Å²) in [7, 11) is -4.21. The number of amides is 2. The molecule has 0 bridgehead atoms. The normalized spacial score (nSPS) is 14.0. The van der Waals surface area contributed by atoms with Crippen molar-refractivity contribution in [3.05, 3.63) is 129 Å². The smallest absolute Gasteiger partial charge is 0.264 e. The summed E-state index contributed by atoms with van der Waals surface area (Å²) in [6.07, 6.45) is 4.53. The highest BCUT2D eigenvalue weighted by Gasteiger charge is 2.36. The zero-order valence-corrected chi connectivity index (χ0v) is 29.6. The number of nitrogens with one attached hydrogen (secondary N) is 1. The number of halogens is 2. The van der Waals surface area contributed by atoms with Crippen LogP contribution in [-0.4, -0.2) is 43.8 Å². The van der Waals surface area contributed by atoms with E-state index in [9.17, 15) is 18.0 Å². The van der Waals surface area contributed by atoms with E-state index in [1.54, 1.807) is 54.6 Å². The first-order valence-corrected chi connectivity index (χ1v) is 18.5. The Morgan fingerprint density at radius 3 is 2.12 bits per heavy atom. The summed E-state index contributed by atoms with van der Waals surface area (Å²) in [5.41, 5.74) is 3.40.